The van der Waals surface area contributed by atoms with Crippen molar-refractivity contribution in [1.82, 2.24) is 15.1 Å². The fourth-order valence-corrected chi connectivity index (χ4v) is 3.61. The van der Waals surface area contributed by atoms with Crippen LogP contribution in [0.4, 0.5) is 0 Å². The molecule has 138 valence electrons. The number of carbonyl (C=O) groups excluding carboxylic acids is 1. The molecule has 4 rings (SSSR count). The van der Waals surface area contributed by atoms with Crippen molar-refractivity contribution in [2.24, 2.45) is 5.92 Å². The first-order valence-electron chi connectivity index (χ1n) is 9.27. The van der Waals surface area contributed by atoms with Gasteiger partial charge in [-0.2, -0.15) is 5.10 Å². The normalized spacial score (nSPS) is 23.1. The molecule has 0 bridgehead atoms. The van der Waals surface area contributed by atoms with Gasteiger partial charge in [0.25, 0.3) is 5.91 Å². The topological polar surface area (TPSA) is 67.5 Å². The van der Waals surface area contributed by atoms with Crippen LogP contribution in [0.1, 0.15) is 47.3 Å². The molecule has 1 fully saturated rings. The number of hydrogen-bond acceptors (Lipinski definition) is 4. The van der Waals surface area contributed by atoms with Crippen molar-refractivity contribution >= 4 is 5.91 Å². The molecular formula is C20H25N3O3. The highest BCUT2D eigenvalue weighted by Crippen LogP contribution is 2.29. The molecule has 0 unspecified atom stereocenters. The van der Waals surface area contributed by atoms with Gasteiger partial charge in [0.05, 0.1) is 25.9 Å². The van der Waals surface area contributed by atoms with E-state index < -0.39 is 0 Å². The third kappa shape index (κ3) is 3.27. The molecule has 0 radical (unpaired) electrons. The molecule has 1 saturated heterocycles. The zero-order valence-corrected chi connectivity index (χ0v) is 15.3. The molecule has 1 aromatic heterocycles. The van der Waals surface area contributed by atoms with Crippen LogP contribution in [-0.2, 0) is 22.5 Å². The molecule has 1 aromatic carbocycles. The molecule has 0 saturated carbocycles. The van der Waals surface area contributed by atoms with E-state index in [-0.39, 0.29) is 18.1 Å². The fraction of sp³-hybridized carbons (Fsp3) is 0.500. The number of aromatic nitrogens is 2. The van der Waals surface area contributed by atoms with Gasteiger partial charge in [-0.25, -0.2) is 0 Å². The second-order valence-electron chi connectivity index (χ2n) is 7.36. The second-order valence-corrected chi connectivity index (χ2v) is 7.36. The quantitative estimate of drug-likeness (QED) is 0.919. The zero-order valence-electron chi connectivity index (χ0n) is 15.3. The van der Waals surface area contributed by atoms with Gasteiger partial charge in [0.1, 0.15) is 6.10 Å². The van der Waals surface area contributed by atoms with Crippen LogP contribution in [0.5, 0.6) is 0 Å². The first kappa shape index (κ1) is 17.2. The molecule has 2 atom stereocenters. The number of H-pyrrole nitrogens is 1. The van der Waals surface area contributed by atoms with Crippen molar-refractivity contribution in [2.75, 3.05) is 19.7 Å². The van der Waals surface area contributed by atoms with Gasteiger partial charge in [0.2, 0.25) is 0 Å². The highest BCUT2D eigenvalue weighted by atomic mass is 16.5. The molecule has 0 spiro atoms. The van der Waals surface area contributed by atoms with E-state index in [1.54, 1.807) is 0 Å². The molecule has 3 heterocycles. The zero-order chi connectivity index (χ0) is 18.1. The molecule has 1 amide bonds. The van der Waals surface area contributed by atoms with Crippen molar-refractivity contribution in [3.05, 3.63) is 52.8 Å². The van der Waals surface area contributed by atoms with E-state index in [1.165, 1.54) is 0 Å². The second kappa shape index (κ2) is 7.21. The fourth-order valence-electron chi connectivity index (χ4n) is 3.61. The summed E-state index contributed by atoms with van der Waals surface area (Å²) >= 11 is 0. The Balaban J connectivity index is 1.60. The summed E-state index contributed by atoms with van der Waals surface area (Å²) in [5.41, 5.74) is 3.52. The summed E-state index contributed by atoms with van der Waals surface area (Å²) in [5, 5.41) is 7.32. The number of rotatable bonds is 3. The Morgan fingerprint density at radius 2 is 2.08 bits per heavy atom. The monoisotopic (exact) mass is 355 g/mol. The molecule has 6 nitrogen and oxygen atoms in total. The maximum Gasteiger partial charge on any atom is 0.274 e. The van der Waals surface area contributed by atoms with Crippen molar-refractivity contribution < 1.29 is 14.3 Å². The summed E-state index contributed by atoms with van der Waals surface area (Å²) < 4.78 is 11.8. The Morgan fingerprint density at radius 1 is 1.27 bits per heavy atom. The number of aromatic amines is 1. The number of morpholine rings is 1. The largest absolute Gasteiger partial charge is 0.376 e. The van der Waals surface area contributed by atoms with Crippen LogP contribution in [0.2, 0.25) is 0 Å². The van der Waals surface area contributed by atoms with E-state index in [0.717, 1.165) is 23.2 Å². The maximum atomic E-state index is 13.2. The van der Waals surface area contributed by atoms with Crippen LogP contribution >= 0.6 is 0 Å². The van der Waals surface area contributed by atoms with Crippen molar-refractivity contribution in [3.63, 3.8) is 0 Å². The van der Waals surface area contributed by atoms with Gasteiger partial charge < -0.3 is 14.4 Å². The summed E-state index contributed by atoms with van der Waals surface area (Å²) in [5.74, 6) is 0.288. The first-order valence-corrected chi connectivity index (χ1v) is 9.27. The smallest absolute Gasteiger partial charge is 0.274 e. The minimum atomic E-state index is -0.118. The van der Waals surface area contributed by atoms with Crippen LogP contribution in [0.3, 0.4) is 0 Å². The van der Waals surface area contributed by atoms with Crippen LogP contribution in [0, 0.1) is 5.92 Å². The van der Waals surface area contributed by atoms with E-state index in [9.17, 15) is 4.79 Å². The summed E-state index contributed by atoms with van der Waals surface area (Å²) in [7, 11) is 0. The SMILES string of the molecule is CC(C)[C@H]1CN(C(=O)c2n[nH]c3c2COCC3)C[C@@H](c2ccccc2)O1. The number of fused-ring (bicyclic) bond motifs is 1. The van der Waals surface area contributed by atoms with Crippen molar-refractivity contribution in [3.8, 4) is 0 Å². The molecule has 2 aliphatic heterocycles. The number of amides is 1. The first-order chi connectivity index (χ1) is 12.6. The summed E-state index contributed by atoms with van der Waals surface area (Å²) in [6, 6.07) is 10.1. The number of carbonyl (C=O) groups is 1. The van der Waals surface area contributed by atoms with Gasteiger partial charge >= 0.3 is 0 Å². The van der Waals surface area contributed by atoms with E-state index in [2.05, 4.69) is 36.2 Å². The molecule has 2 aliphatic rings. The van der Waals surface area contributed by atoms with Gasteiger partial charge in [0.15, 0.2) is 5.69 Å². The van der Waals surface area contributed by atoms with Gasteiger partial charge in [-0.15, -0.1) is 0 Å². The number of hydrogen-bond donors (Lipinski definition) is 1. The van der Waals surface area contributed by atoms with Crippen LogP contribution in [0.15, 0.2) is 30.3 Å². The third-order valence-corrected chi connectivity index (χ3v) is 5.23. The molecule has 26 heavy (non-hydrogen) atoms. The minimum absolute atomic E-state index is 0.00363. The lowest BCUT2D eigenvalue weighted by molar-refractivity contribution is -0.0956. The summed E-state index contributed by atoms with van der Waals surface area (Å²) in [6.45, 7) is 6.51. The predicted molar refractivity (Wildman–Crippen MR) is 96.7 cm³/mol. The van der Waals surface area contributed by atoms with Gasteiger partial charge in [-0.05, 0) is 11.5 Å². The molecular weight excluding hydrogens is 330 g/mol. The summed E-state index contributed by atoms with van der Waals surface area (Å²) in [6.07, 6.45) is 0.663. The van der Waals surface area contributed by atoms with Crippen molar-refractivity contribution in [1.29, 1.82) is 0 Å². The van der Waals surface area contributed by atoms with E-state index in [0.29, 0.717) is 37.9 Å². The van der Waals surface area contributed by atoms with Gasteiger partial charge in [0, 0.05) is 24.2 Å². The Morgan fingerprint density at radius 3 is 2.85 bits per heavy atom. The molecule has 1 N–H and O–H groups in total. The van der Waals surface area contributed by atoms with E-state index >= 15 is 0 Å². The highest BCUT2D eigenvalue weighted by molar-refractivity contribution is 5.94. The van der Waals surface area contributed by atoms with Crippen LogP contribution < -0.4 is 0 Å². The number of nitrogens with one attached hydrogen (secondary N) is 1. The number of nitrogens with zero attached hydrogens (tertiary/aromatic N) is 2. The molecule has 2 aromatic rings. The van der Waals surface area contributed by atoms with Crippen LogP contribution in [-0.4, -0.2) is 46.8 Å². The standard InChI is InChI=1S/C20H25N3O3/c1-13(2)17-10-23(11-18(26-17)14-6-4-3-5-7-14)20(24)19-15-12-25-9-8-16(15)21-22-19/h3-7,13,17-18H,8-12H2,1-2H3,(H,21,22)/t17-,18+/m1/s1. The van der Waals surface area contributed by atoms with Crippen molar-refractivity contribution in [2.45, 2.75) is 39.1 Å². The van der Waals surface area contributed by atoms with E-state index in [4.69, 9.17) is 9.47 Å². The number of ether oxygens (including phenoxy) is 2. The lowest BCUT2D eigenvalue weighted by atomic mass is 10.0. The minimum Gasteiger partial charge on any atom is -0.376 e. The highest BCUT2D eigenvalue weighted by Gasteiger charge is 2.35. The molecule has 6 heteroatoms. The Labute approximate surface area is 153 Å². The molecule has 0 aliphatic carbocycles. The average Bonchev–Trinajstić information content (AvgIpc) is 3.12. The Bertz CT molecular complexity index is 772. The predicted octanol–water partition coefficient (Wildman–Crippen LogP) is 2.72. The van der Waals surface area contributed by atoms with Gasteiger partial charge in [-0.3, -0.25) is 9.89 Å². The maximum absolute atomic E-state index is 13.2. The number of benzene rings is 1. The Hall–Kier alpha value is -2.18. The lowest BCUT2D eigenvalue weighted by Gasteiger charge is -2.40. The third-order valence-electron chi connectivity index (χ3n) is 5.23. The average molecular weight is 355 g/mol. The van der Waals surface area contributed by atoms with Crippen LogP contribution in [0.25, 0.3) is 0 Å². The lowest BCUT2D eigenvalue weighted by Crippen LogP contribution is -2.49. The van der Waals surface area contributed by atoms with Gasteiger partial charge in [-0.1, -0.05) is 44.2 Å². The summed E-state index contributed by atoms with van der Waals surface area (Å²) in [4.78, 5) is 15.1. The Kier molecular flexibility index (Phi) is 4.78. The van der Waals surface area contributed by atoms with E-state index in [1.807, 2.05) is 23.1 Å².